The molecule has 0 amide bonds. The maximum absolute atomic E-state index is 12.6. The molecule has 4 aromatic rings. The number of aromatic nitrogens is 3. The van der Waals surface area contributed by atoms with E-state index in [2.05, 4.69) is 32.7 Å². The highest BCUT2D eigenvalue weighted by atomic mass is 127. The van der Waals surface area contributed by atoms with Gasteiger partial charge in [0.2, 0.25) is 4.96 Å². The van der Waals surface area contributed by atoms with E-state index in [1.807, 2.05) is 54.6 Å². The molecule has 5 nitrogen and oxygen atoms in total. The number of benzene rings is 2. The molecule has 2 aromatic carbocycles. The van der Waals surface area contributed by atoms with Crippen LogP contribution in [0.25, 0.3) is 22.4 Å². The lowest BCUT2D eigenvalue weighted by atomic mass is 10.2. The molecule has 0 unspecified atom stereocenters. The normalized spacial score (nSPS) is 12.0. The van der Waals surface area contributed by atoms with Gasteiger partial charge < -0.3 is 4.74 Å². The van der Waals surface area contributed by atoms with Crippen molar-refractivity contribution in [1.29, 1.82) is 0 Å². The second kappa shape index (κ2) is 6.57. The fraction of sp³-hybridized carbons (Fsp3) is 0.0556. The topological polar surface area (TPSA) is 56.5 Å². The summed E-state index contributed by atoms with van der Waals surface area (Å²) in [7, 11) is 1.62. The molecule has 0 bridgehead atoms. The van der Waals surface area contributed by atoms with Gasteiger partial charge in [0.25, 0.3) is 5.56 Å². The lowest BCUT2D eigenvalue weighted by Crippen LogP contribution is -2.23. The predicted molar refractivity (Wildman–Crippen MR) is 107 cm³/mol. The second-order valence-corrected chi connectivity index (χ2v) is 7.58. The second-order valence-electron chi connectivity index (χ2n) is 5.33. The molecule has 0 N–H and O–H groups in total. The van der Waals surface area contributed by atoms with Crippen LogP contribution in [0, 0.1) is 3.57 Å². The molecule has 0 radical (unpaired) electrons. The summed E-state index contributed by atoms with van der Waals surface area (Å²) in [5.74, 6) is 1.30. The van der Waals surface area contributed by atoms with Gasteiger partial charge in [0.05, 0.1) is 11.6 Å². The van der Waals surface area contributed by atoms with E-state index >= 15 is 0 Å². The number of ether oxygens (including phenoxy) is 1. The first-order valence-electron chi connectivity index (χ1n) is 7.45. The van der Waals surface area contributed by atoms with Gasteiger partial charge in [-0.2, -0.15) is 9.50 Å². The molecule has 0 aliphatic carbocycles. The number of rotatable bonds is 3. The van der Waals surface area contributed by atoms with Crippen molar-refractivity contribution < 1.29 is 4.74 Å². The number of hydrogen-bond acceptors (Lipinski definition) is 5. The van der Waals surface area contributed by atoms with Gasteiger partial charge in [-0.1, -0.05) is 23.5 Å². The van der Waals surface area contributed by atoms with E-state index in [0.29, 0.717) is 15.3 Å². The van der Waals surface area contributed by atoms with Crippen molar-refractivity contribution >= 4 is 45.0 Å². The Morgan fingerprint density at radius 1 is 1.12 bits per heavy atom. The third kappa shape index (κ3) is 3.16. The molecule has 124 valence electrons. The number of nitrogens with zero attached hydrogens (tertiary/aromatic N) is 3. The van der Waals surface area contributed by atoms with E-state index in [9.17, 15) is 4.79 Å². The third-order valence-corrected chi connectivity index (χ3v) is 5.38. The van der Waals surface area contributed by atoms with Gasteiger partial charge in [-0.15, -0.1) is 5.10 Å². The molecule has 0 atom stereocenters. The van der Waals surface area contributed by atoms with Crippen molar-refractivity contribution in [3.05, 3.63) is 72.6 Å². The van der Waals surface area contributed by atoms with Crippen LogP contribution in [0.5, 0.6) is 5.75 Å². The lowest BCUT2D eigenvalue weighted by molar-refractivity contribution is 0.415. The number of hydrogen-bond donors (Lipinski definition) is 0. The summed E-state index contributed by atoms with van der Waals surface area (Å²) in [6, 6.07) is 15.4. The van der Waals surface area contributed by atoms with E-state index in [4.69, 9.17) is 4.74 Å². The SMILES string of the molecule is COc1ccc(-c2nc3s/c(=C\c4ccc(I)cc4)c(=O)n3n2)cc1. The Balaban J connectivity index is 1.76. The summed E-state index contributed by atoms with van der Waals surface area (Å²) >= 11 is 3.59. The van der Waals surface area contributed by atoms with Crippen LogP contribution < -0.4 is 14.8 Å². The fourth-order valence-electron chi connectivity index (χ4n) is 2.41. The Labute approximate surface area is 160 Å². The quantitative estimate of drug-likeness (QED) is 0.441. The standard InChI is InChI=1S/C18H12IN3O2S/c1-24-14-8-4-12(5-9-14)16-20-18-22(21-16)17(23)15(25-18)10-11-2-6-13(19)7-3-11/h2-10H,1H3/b15-10-. The first kappa shape index (κ1) is 16.2. The van der Waals surface area contributed by atoms with Gasteiger partial charge in [0, 0.05) is 9.13 Å². The third-order valence-electron chi connectivity index (χ3n) is 3.70. The number of halogens is 1. The molecular weight excluding hydrogens is 449 g/mol. The molecule has 2 heterocycles. The predicted octanol–water partition coefficient (Wildman–Crippen LogP) is 2.98. The van der Waals surface area contributed by atoms with E-state index in [-0.39, 0.29) is 5.56 Å². The first-order valence-corrected chi connectivity index (χ1v) is 9.35. The smallest absolute Gasteiger partial charge is 0.291 e. The minimum absolute atomic E-state index is 0.147. The molecule has 0 aliphatic heterocycles. The van der Waals surface area contributed by atoms with Crippen LogP contribution in [-0.4, -0.2) is 21.7 Å². The Morgan fingerprint density at radius 2 is 1.84 bits per heavy atom. The highest BCUT2D eigenvalue weighted by molar-refractivity contribution is 14.1. The summed E-state index contributed by atoms with van der Waals surface area (Å²) in [4.78, 5) is 17.6. The Hall–Kier alpha value is -2.26. The molecule has 7 heteroatoms. The van der Waals surface area contributed by atoms with Crippen molar-refractivity contribution in [3.63, 3.8) is 0 Å². The highest BCUT2D eigenvalue weighted by Gasteiger charge is 2.12. The van der Waals surface area contributed by atoms with Gasteiger partial charge in [-0.05, 0) is 70.6 Å². The molecule has 4 rings (SSSR count). The number of thiazole rings is 1. The van der Waals surface area contributed by atoms with Gasteiger partial charge in [0.15, 0.2) is 5.82 Å². The minimum Gasteiger partial charge on any atom is -0.497 e. The van der Waals surface area contributed by atoms with E-state index in [0.717, 1.165) is 20.4 Å². The van der Waals surface area contributed by atoms with E-state index in [1.165, 1.54) is 15.9 Å². The lowest BCUT2D eigenvalue weighted by Gasteiger charge is -1.99. The van der Waals surface area contributed by atoms with E-state index in [1.54, 1.807) is 7.11 Å². The maximum atomic E-state index is 12.6. The van der Waals surface area contributed by atoms with Crippen LogP contribution in [0.2, 0.25) is 0 Å². The van der Waals surface area contributed by atoms with Crippen molar-refractivity contribution in [2.24, 2.45) is 0 Å². The van der Waals surface area contributed by atoms with E-state index < -0.39 is 0 Å². The van der Waals surface area contributed by atoms with Gasteiger partial charge >= 0.3 is 0 Å². The summed E-state index contributed by atoms with van der Waals surface area (Å²) in [6.07, 6.45) is 1.87. The van der Waals surface area contributed by atoms with Gasteiger partial charge in [-0.25, -0.2) is 0 Å². The zero-order valence-electron chi connectivity index (χ0n) is 13.1. The minimum atomic E-state index is -0.147. The van der Waals surface area contributed by atoms with Crippen LogP contribution in [0.4, 0.5) is 0 Å². The molecule has 25 heavy (non-hydrogen) atoms. The van der Waals surface area contributed by atoms with Crippen LogP contribution in [0.15, 0.2) is 53.3 Å². The summed E-state index contributed by atoms with van der Waals surface area (Å²) < 4.78 is 8.29. The molecule has 0 fully saturated rings. The monoisotopic (exact) mass is 461 g/mol. The highest BCUT2D eigenvalue weighted by Crippen LogP contribution is 2.20. The summed E-state index contributed by atoms with van der Waals surface area (Å²) in [5.41, 5.74) is 1.68. The zero-order valence-corrected chi connectivity index (χ0v) is 16.1. The van der Waals surface area contributed by atoms with Gasteiger partial charge in [-0.3, -0.25) is 4.79 Å². The molecular formula is C18H12IN3O2S. The largest absolute Gasteiger partial charge is 0.497 e. The van der Waals surface area contributed by atoms with Crippen LogP contribution in [0.3, 0.4) is 0 Å². The zero-order chi connectivity index (χ0) is 17.4. The van der Waals surface area contributed by atoms with Crippen LogP contribution in [-0.2, 0) is 0 Å². The van der Waals surface area contributed by atoms with Crippen molar-refractivity contribution in [1.82, 2.24) is 14.6 Å². The Bertz CT molecular complexity index is 1150. The molecule has 2 aromatic heterocycles. The average Bonchev–Trinajstić information content (AvgIpc) is 3.17. The molecule has 0 saturated carbocycles. The molecule has 0 aliphatic rings. The Morgan fingerprint density at radius 3 is 2.48 bits per heavy atom. The molecule has 0 spiro atoms. The summed E-state index contributed by atoms with van der Waals surface area (Å²) in [5, 5.41) is 4.36. The average molecular weight is 461 g/mol. The van der Waals surface area contributed by atoms with Crippen LogP contribution in [0.1, 0.15) is 5.56 Å². The number of methoxy groups -OCH3 is 1. The summed E-state index contributed by atoms with van der Waals surface area (Å²) in [6.45, 7) is 0. The van der Waals surface area contributed by atoms with Crippen molar-refractivity contribution in [2.75, 3.05) is 7.11 Å². The van der Waals surface area contributed by atoms with Crippen molar-refractivity contribution in [3.8, 4) is 17.1 Å². The molecule has 0 saturated heterocycles. The maximum Gasteiger partial charge on any atom is 0.291 e. The first-order chi connectivity index (χ1) is 12.1. The van der Waals surface area contributed by atoms with Crippen LogP contribution >= 0.6 is 33.9 Å². The van der Waals surface area contributed by atoms with Crippen molar-refractivity contribution in [2.45, 2.75) is 0 Å². The Kier molecular flexibility index (Phi) is 4.26. The number of fused-ring (bicyclic) bond motifs is 1. The van der Waals surface area contributed by atoms with Gasteiger partial charge in [0.1, 0.15) is 5.75 Å². The fourth-order valence-corrected chi connectivity index (χ4v) is 3.67.